The van der Waals surface area contributed by atoms with Gasteiger partial charge in [0.05, 0.1) is 18.1 Å². The number of nitrogens with zero attached hydrogens (tertiary/aromatic N) is 1. The van der Waals surface area contributed by atoms with Crippen LogP contribution in [-0.4, -0.2) is 29.3 Å². The summed E-state index contributed by atoms with van der Waals surface area (Å²) in [7, 11) is -3.02. The Morgan fingerprint density at radius 2 is 1.88 bits per heavy atom. The third-order valence-electron chi connectivity index (χ3n) is 1.71. The lowest BCUT2D eigenvalue weighted by atomic mass is 10.5. The van der Waals surface area contributed by atoms with Crippen LogP contribution in [0.15, 0.2) is 11.6 Å². The normalized spacial score (nSPS) is 16.8. The van der Waals surface area contributed by atoms with Crippen molar-refractivity contribution < 1.29 is 13.6 Å². The van der Waals surface area contributed by atoms with Crippen molar-refractivity contribution in [3.8, 4) is 0 Å². The molecule has 0 spiro atoms. The van der Waals surface area contributed by atoms with Crippen LogP contribution >= 0.6 is 19.4 Å². The van der Waals surface area contributed by atoms with Gasteiger partial charge in [0.2, 0.25) is 0 Å². The summed E-state index contributed by atoms with van der Waals surface area (Å²) in [5.74, 6) is 0.812. The van der Waals surface area contributed by atoms with Gasteiger partial charge in [0.15, 0.2) is 0 Å². The van der Waals surface area contributed by atoms with E-state index in [-0.39, 0.29) is 12.2 Å². The average Bonchev–Trinajstić information content (AvgIpc) is 2.51. The molecule has 0 fully saturated rings. The fourth-order valence-electron chi connectivity index (χ4n) is 1.36. The second-order valence-electron chi connectivity index (χ2n) is 4.23. The molecule has 1 heterocycles. The van der Waals surface area contributed by atoms with E-state index < -0.39 is 7.60 Å². The van der Waals surface area contributed by atoms with Crippen LogP contribution in [0.3, 0.4) is 0 Å². The molecule has 0 bridgehead atoms. The van der Waals surface area contributed by atoms with E-state index in [9.17, 15) is 4.57 Å². The predicted octanol–water partition coefficient (Wildman–Crippen LogP) is 3.46. The minimum atomic E-state index is -3.02. The van der Waals surface area contributed by atoms with E-state index in [0.717, 1.165) is 5.88 Å². The first-order valence-electron chi connectivity index (χ1n) is 5.39. The summed E-state index contributed by atoms with van der Waals surface area (Å²) < 4.78 is 23.4. The SMILES string of the molecule is CC(C)OP(=O)(CN1C=CSC1)OC(C)C. The Balaban J connectivity index is 2.61. The summed E-state index contributed by atoms with van der Waals surface area (Å²) >= 11 is 1.67. The molecule has 6 heteroatoms. The van der Waals surface area contributed by atoms with Crippen molar-refractivity contribution in [3.63, 3.8) is 0 Å². The van der Waals surface area contributed by atoms with E-state index in [1.807, 2.05) is 44.2 Å². The first-order valence-corrected chi connectivity index (χ1v) is 8.17. The van der Waals surface area contributed by atoms with Crippen LogP contribution < -0.4 is 0 Å². The maximum Gasteiger partial charge on any atom is 0.350 e. The Morgan fingerprint density at radius 1 is 1.31 bits per heavy atom. The molecule has 0 aromatic rings. The molecule has 4 nitrogen and oxygen atoms in total. The Kier molecular flexibility index (Phi) is 5.38. The Bertz CT molecular complexity index is 280. The number of hydrogen-bond acceptors (Lipinski definition) is 5. The molecule has 16 heavy (non-hydrogen) atoms. The molecule has 0 unspecified atom stereocenters. The maximum absolute atomic E-state index is 12.5. The zero-order valence-corrected chi connectivity index (χ0v) is 12.0. The Labute approximate surface area is 102 Å². The van der Waals surface area contributed by atoms with Crippen molar-refractivity contribution >= 4 is 19.4 Å². The molecule has 0 aromatic carbocycles. The minimum absolute atomic E-state index is 0.0937. The Morgan fingerprint density at radius 3 is 2.25 bits per heavy atom. The van der Waals surface area contributed by atoms with Gasteiger partial charge in [0.1, 0.15) is 6.29 Å². The van der Waals surface area contributed by atoms with E-state index in [2.05, 4.69) is 0 Å². The van der Waals surface area contributed by atoms with E-state index in [0.29, 0.717) is 6.29 Å². The van der Waals surface area contributed by atoms with Crippen molar-refractivity contribution in [2.45, 2.75) is 39.9 Å². The molecule has 0 amide bonds. The highest BCUT2D eigenvalue weighted by Crippen LogP contribution is 2.51. The zero-order valence-electron chi connectivity index (χ0n) is 10.3. The van der Waals surface area contributed by atoms with E-state index >= 15 is 0 Å². The molecular weight excluding hydrogens is 245 g/mol. The van der Waals surface area contributed by atoms with Crippen LogP contribution in [-0.2, 0) is 13.6 Å². The van der Waals surface area contributed by atoms with Crippen molar-refractivity contribution in [1.29, 1.82) is 0 Å². The lowest BCUT2D eigenvalue weighted by molar-refractivity contribution is 0.136. The highest BCUT2D eigenvalue weighted by molar-refractivity contribution is 8.02. The predicted molar refractivity (Wildman–Crippen MR) is 68.4 cm³/mol. The van der Waals surface area contributed by atoms with E-state index in [1.165, 1.54) is 0 Å². The van der Waals surface area contributed by atoms with Gasteiger partial charge in [-0.25, -0.2) is 0 Å². The van der Waals surface area contributed by atoms with Crippen LogP contribution in [0, 0.1) is 0 Å². The number of hydrogen-bond donors (Lipinski definition) is 0. The molecule has 1 aliphatic heterocycles. The summed E-state index contributed by atoms with van der Waals surface area (Å²) in [5, 5.41) is 1.98. The molecule has 0 N–H and O–H groups in total. The zero-order chi connectivity index (χ0) is 12.2. The monoisotopic (exact) mass is 265 g/mol. The van der Waals surface area contributed by atoms with Crippen LogP contribution in [0.5, 0.6) is 0 Å². The number of rotatable bonds is 6. The van der Waals surface area contributed by atoms with Gasteiger partial charge in [-0.2, -0.15) is 0 Å². The molecule has 0 aromatic heterocycles. The van der Waals surface area contributed by atoms with Crippen LogP contribution in [0.25, 0.3) is 0 Å². The van der Waals surface area contributed by atoms with Crippen molar-refractivity contribution in [2.75, 3.05) is 12.2 Å². The minimum Gasteiger partial charge on any atom is -0.356 e. The second kappa shape index (κ2) is 6.10. The molecule has 0 saturated carbocycles. The first-order chi connectivity index (χ1) is 7.41. The van der Waals surface area contributed by atoms with Crippen LogP contribution in [0.4, 0.5) is 0 Å². The van der Waals surface area contributed by atoms with Gasteiger partial charge in [-0.1, -0.05) is 0 Å². The topological polar surface area (TPSA) is 38.8 Å². The van der Waals surface area contributed by atoms with Gasteiger partial charge in [-0.05, 0) is 33.1 Å². The van der Waals surface area contributed by atoms with Gasteiger partial charge >= 0.3 is 7.60 Å². The quantitative estimate of drug-likeness (QED) is 0.688. The summed E-state index contributed by atoms with van der Waals surface area (Å²) in [4.78, 5) is 1.95. The Hall–Kier alpha value is 0.0400. The fourth-order valence-corrected chi connectivity index (χ4v) is 4.31. The lowest BCUT2D eigenvalue weighted by Gasteiger charge is -2.26. The highest BCUT2D eigenvalue weighted by atomic mass is 32.2. The molecule has 94 valence electrons. The van der Waals surface area contributed by atoms with Gasteiger partial charge in [-0.15, -0.1) is 11.8 Å². The lowest BCUT2D eigenvalue weighted by Crippen LogP contribution is -2.20. The summed E-state index contributed by atoms with van der Waals surface area (Å²) in [6.07, 6.45) is 2.06. The maximum atomic E-state index is 12.5. The van der Waals surface area contributed by atoms with Gasteiger partial charge in [0.25, 0.3) is 0 Å². The standard InChI is InChI=1S/C10H20NO3PS/c1-9(2)13-15(12,14-10(3)4)7-11-5-6-16-8-11/h5-6,9-10H,7-8H2,1-4H3. The smallest absolute Gasteiger partial charge is 0.350 e. The average molecular weight is 265 g/mol. The summed E-state index contributed by atoms with van der Waals surface area (Å²) in [6, 6.07) is 0. The molecule has 1 aliphatic rings. The molecular formula is C10H20NO3PS. The van der Waals surface area contributed by atoms with Crippen molar-refractivity contribution in [1.82, 2.24) is 4.90 Å². The third-order valence-corrected chi connectivity index (χ3v) is 4.70. The van der Waals surface area contributed by atoms with Crippen LogP contribution in [0.2, 0.25) is 0 Å². The summed E-state index contributed by atoms with van der Waals surface area (Å²) in [5.41, 5.74) is 0. The molecule has 0 atom stereocenters. The van der Waals surface area contributed by atoms with E-state index in [1.54, 1.807) is 11.8 Å². The largest absolute Gasteiger partial charge is 0.356 e. The third kappa shape index (κ3) is 4.91. The molecule has 1 rings (SSSR count). The first kappa shape index (κ1) is 14.1. The molecule has 0 aliphatic carbocycles. The second-order valence-corrected chi connectivity index (χ2v) is 7.02. The molecule has 0 radical (unpaired) electrons. The molecule has 0 saturated heterocycles. The van der Waals surface area contributed by atoms with Gasteiger partial charge in [-0.3, -0.25) is 4.57 Å². The van der Waals surface area contributed by atoms with Gasteiger partial charge < -0.3 is 13.9 Å². The van der Waals surface area contributed by atoms with Crippen molar-refractivity contribution in [2.24, 2.45) is 0 Å². The van der Waals surface area contributed by atoms with Crippen molar-refractivity contribution in [3.05, 3.63) is 11.6 Å². The highest BCUT2D eigenvalue weighted by Gasteiger charge is 2.30. The van der Waals surface area contributed by atoms with E-state index in [4.69, 9.17) is 9.05 Å². The van der Waals surface area contributed by atoms with Crippen LogP contribution in [0.1, 0.15) is 27.7 Å². The fraction of sp³-hybridized carbons (Fsp3) is 0.800. The van der Waals surface area contributed by atoms with Gasteiger partial charge in [0, 0.05) is 6.20 Å². The number of thioether (sulfide) groups is 1. The summed E-state index contributed by atoms with van der Waals surface area (Å²) in [6.45, 7) is 7.46.